The lowest BCUT2D eigenvalue weighted by Crippen LogP contribution is -2.05. The van der Waals surface area contributed by atoms with Crippen LogP contribution in [0.4, 0.5) is 5.82 Å². The molecule has 0 unspecified atom stereocenters. The van der Waals surface area contributed by atoms with Crippen LogP contribution in [0.2, 0.25) is 0 Å². The highest BCUT2D eigenvalue weighted by molar-refractivity contribution is 5.29. The van der Waals surface area contributed by atoms with Gasteiger partial charge >= 0.3 is 0 Å². The van der Waals surface area contributed by atoms with Crippen molar-refractivity contribution in [2.45, 2.75) is 26.8 Å². The Bertz CT molecular complexity index is 468. The first-order valence-corrected chi connectivity index (χ1v) is 6.00. The standard InChI is InChI=1S/C14H19N3/c1-11(2)9-12-3-5-13(6-4-12)10-17-14(15)7-8-16-17/h3-8,11H,9-10,15H2,1-2H3. The summed E-state index contributed by atoms with van der Waals surface area (Å²) in [7, 11) is 0. The Balaban J connectivity index is 2.06. The Kier molecular flexibility index (Phi) is 3.47. The first kappa shape index (κ1) is 11.7. The van der Waals surface area contributed by atoms with Crippen LogP contribution < -0.4 is 5.73 Å². The smallest absolute Gasteiger partial charge is 0.122 e. The fourth-order valence-electron chi connectivity index (χ4n) is 1.90. The summed E-state index contributed by atoms with van der Waals surface area (Å²) in [5.74, 6) is 1.40. The molecule has 0 bridgehead atoms. The molecule has 3 heteroatoms. The van der Waals surface area contributed by atoms with E-state index in [1.807, 2.05) is 6.07 Å². The number of anilines is 1. The molecule has 0 aliphatic heterocycles. The van der Waals surface area contributed by atoms with Crippen LogP contribution in [0.3, 0.4) is 0 Å². The number of rotatable bonds is 4. The largest absolute Gasteiger partial charge is 0.384 e. The highest BCUT2D eigenvalue weighted by Crippen LogP contribution is 2.11. The van der Waals surface area contributed by atoms with E-state index in [0.29, 0.717) is 11.7 Å². The second kappa shape index (κ2) is 5.04. The highest BCUT2D eigenvalue weighted by Gasteiger charge is 2.01. The second-order valence-electron chi connectivity index (χ2n) is 4.83. The third kappa shape index (κ3) is 3.09. The van der Waals surface area contributed by atoms with Crippen LogP contribution in [-0.2, 0) is 13.0 Å². The molecular weight excluding hydrogens is 210 g/mol. The molecule has 3 nitrogen and oxygen atoms in total. The van der Waals surface area contributed by atoms with Crippen LogP contribution in [0.15, 0.2) is 36.5 Å². The van der Waals surface area contributed by atoms with E-state index in [2.05, 4.69) is 43.2 Å². The molecule has 90 valence electrons. The summed E-state index contributed by atoms with van der Waals surface area (Å²) in [6, 6.07) is 10.5. The Labute approximate surface area is 102 Å². The molecule has 1 aromatic heterocycles. The maximum Gasteiger partial charge on any atom is 0.122 e. The van der Waals surface area contributed by atoms with Gasteiger partial charge in [0.25, 0.3) is 0 Å². The van der Waals surface area contributed by atoms with Crippen molar-refractivity contribution < 1.29 is 0 Å². The van der Waals surface area contributed by atoms with E-state index in [1.165, 1.54) is 11.1 Å². The van der Waals surface area contributed by atoms with Gasteiger partial charge in [-0.1, -0.05) is 38.1 Å². The number of hydrogen-bond acceptors (Lipinski definition) is 2. The van der Waals surface area contributed by atoms with Gasteiger partial charge in [0.15, 0.2) is 0 Å². The molecule has 0 aliphatic rings. The predicted octanol–water partition coefficient (Wildman–Crippen LogP) is 2.71. The number of benzene rings is 1. The minimum absolute atomic E-state index is 0.697. The van der Waals surface area contributed by atoms with E-state index in [1.54, 1.807) is 10.9 Å². The van der Waals surface area contributed by atoms with Crippen molar-refractivity contribution in [1.29, 1.82) is 0 Å². The van der Waals surface area contributed by atoms with Gasteiger partial charge in [-0.25, -0.2) is 4.68 Å². The molecule has 0 radical (unpaired) electrons. The molecule has 0 fully saturated rings. The fourth-order valence-corrected chi connectivity index (χ4v) is 1.90. The van der Waals surface area contributed by atoms with Gasteiger partial charge in [-0.15, -0.1) is 0 Å². The molecule has 1 aromatic carbocycles. The summed E-state index contributed by atoms with van der Waals surface area (Å²) >= 11 is 0. The molecule has 1 heterocycles. The molecular formula is C14H19N3. The van der Waals surface area contributed by atoms with Gasteiger partial charge in [0.2, 0.25) is 0 Å². The average molecular weight is 229 g/mol. The van der Waals surface area contributed by atoms with Crippen molar-refractivity contribution in [2.24, 2.45) is 5.92 Å². The maximum absolute atomic E-state index is 5.78. The van der Waals surface area contributed by atoms with Crippen molar-refractivity contribution in [2.75, 3.05) is 5.73 Å². The summed E-state index contributed by atoms with van der Waals surface area (Å²) in [6.45, 7) is 5.21. The first-order chi connectivity index (χ1) is 8.15. The van der Waals surface area contributed by atoms with Crippen LogP contribution in [0.1, 0.15) is 25.0 Å². The summed E-state index contributed by atoms with van der Waals surface area (Å²) in [4.78, 5) is 0. The first-order valence-electron chi connectivity index (χ1n) is 6.00. The number of hydrogen-bond donors (Lipinski definition) is 1. The summed E-state index contributed by atoms with van der Waals surface area (Å²) in [5, 5.41) is 4.17. The second-order valence-corrected chi connectivity index (χ2v) is 4.83. The third-order valence-corrected chi connectivity index (χ3v) is 2.75. The molecule has 2 rings (SSSR count). The van der Waals surface area contributed by atoms with Crippen LogP contribution in [0, 0.1) is 5.92 Å². The minimum Gasteiger partial charge on any atom is -0.384 e. The number of nitrogens with zero attached hydrogens (tertiary/aromatic N) is 2. The van der Waals surface area contributed by atoms with E-state index in [4.69, 9.17) is 5.73 Å². The zero-order chi connectivity index (χ0) is 12.3. The van der Waals surface area contributed by atoms with Gasteiger partial charge < -0.3 is 5.73 Å². The van der Waals surface area contributed by atoms with Gasteiger partial charge in [-0.05, 0) is 29.5 Å². The molecule has 0 saturated carbocycles. The predicted molar refractivity (Wildman–Crippen MR) is 70.7 cm³/mol. The maximum atomic E-state index is 5.78. The summed E-state index contributed by atoms with van der Waals surface area (Å²) in [6.07, 6.45) is 2.85. The van der Waals surface area contributed by atoms with Gasteiger partial charge in [0, 0.05) is 0 Å². The Morgan fingerprint density at radius 3 is 2.29 bits per heavy atom. The highest BCUT2D eigenvalue weighted by atomic mass is 15.3. The van der Waals surface area contributed by atoms with Crippen LogP contribution >= 0.6 is 0 Å². The molecule has 0 spiro atoms. The quantitative estimate of drug-likeness (QED) is 0.876. The normalized spacial score (nSPS) is 11.0. The zero-order valence-corrected chi connectivity index (χ0v) is 10.4. The Morgan fingerprint density at radius 1 is 1.12 bits per heavy atom. The van der Waals surface area contributed by atoms with Gasteiger partial charge in [0.1, 0.15) is 5.82 Å². The Morgan fingerprint density at radius 2 is 1.76 bits per heavy atom. The third-order valence-electron chi connectivity index (χ3n) is 2.75. The topological polar surface area (TPSA) is 43.8 Å². The molecule has 2 aromatic rings. The molecule has 0 atom stereocenters. The molecule has 0 amide bonds. The molecule has 17 heavy (non-hydrogen) atoms. The van der Waals surface area contributed by atoms with Crippen molar-refractivity contribution in [1.82, 2.24) is 9.78 Å². The summed E-state index contributed by atoms with van der Waals surface area (Å²) < 4.78 is 1.80. The zero-order valence-electron chi connectivity index (χ0n) is 10.4. The van der Waals surface area contributed by atoms with Crippen LogP contribution in [0.25, 0.3) is 0 Å². The van der Waals surface area contributed by atoms with Gasteiger partial charge in [0.05, 0.1) is 12.7 Å². The SMILES string of the molecule is CC(C)Cc1ccc(Cn2nccc2N)cc1. The Hall–Kier alpha value is -1.77. The molecule has 0 aliphatic carbocycles. The van der Waals surface area contributed by atoms with E-state index < -0.39 is 0 Å². The van der Waals surface area contributed by atoms with Crippen molar-refractivity contribution >= 4 is 5.82 Å². The van der Waals surface area contributed by atoms with Gasteiger partial charge in [-0.3, -0.25) is 0 Å². The van der Waals surface area contributed by atoms with Crippen LogP contribution in [-0.4, -0.2) is 9.78 Å². The van der Waals surface area contributed by atoms with E-state index in [0.717, 1.165) is 13.0 Å². The lowest BCUT2D eigenvalue weighted by Gasteiger charge is -2.07. The van der Waals surface area contributed by atoms with E-state index in [-0.39, 0.29) is 0 Å². The lowest BCUT2D eigenvalue weighted by atomic mass is 10.0. The van der Waals surface area contributed by atoms with E-state index >= 15 is 0 Å². The average Bonchev–Trinajstić information content (AvgIpc) is 2.67. The van der Waals surface area contributed by atoms with Crippen molar-refractivity contribution in [3.63, 3.8) is 0 Å². The van der Waals surface area contributed by atoms with E-state index in [9.17, 15) is 0 Å². The monoisotopic (exact) mass is 229 g/mol. The summed E-state index contributed by atoms with van der Waals surface area (Å²) in [5.41, 5.74) is 8.40. The number of nitrogens with two attached hydrogens (primary N) is 1. The fraction of sp³-hybridized carbons (Fsp3) is 0.357. The lowest BCUT2D eigenvalue weighted by molar-refractivity contribution is 0.646. The van der Waals surface area contributed by atoms with Gasteiger partial charge in [-0.2, -0.15) is 5.10 Å². The minimum atomic E-state index is 0.697. The van der Waals surface area contributed by atoms with Crippen LogP contribution in [0.5, 0.6) is 0 Å². The van der Waals surface area contributed by atoms with Crippen molar-refractivity contribution in [3.8, 4) is 0 Å². The molecule has 2 N–H and O–H groups in total. The number of nitrogen functional groups attached to an aromatic ring is 1. The van der Waals surface area contributed by atoms with Crippen molar-refractivity contribution in [3.05, 3.63) is 47.7 Å². The molecule has 0 saturated heterocycles. The number of aromatic nitrogens is 2.